The molecular weight excluding hydrogens is 470 g/mol. The molecule has 0 bridgehead atoms. The molecule has 3 aromatic carbocycles. The van der Waals surface area contributed by atoms with E-state index in [1.165, 1.54) is 12.0 Å². The Labute approximate surface area is 228 Å². The Morgan fingerprint density at radius 3 is 1.84 bits per heavy atom. The lowest BCUT2D eigenvalue weighted by Gasteiger charge is -2.51. The molecule has 5 nitrogen and oxygen atoms in total. The molecule has 2 aliphatic heterocycles. The van der Waals surface area contributed by atoms with Crippen LogP contribution in [0.4, 0.5) is 10.5 Å². The second-order valence-electron chi connectivity index (χ2n) is 12.0. The van der Waals surface area contributed by atoms with Crippen molar-refractivity contribution in [3.05, 3.63) is 102 Å². The van der Waals surface area contributed by atoms with Crippen molar-refractivity contribution >= 4 is 11.7 Å². The van der Waals surface area contributed by atoms with Crippen molar-refractivity contribution < 1.29 is 9.63 Å². The highest BCUT2D eigenvalue weighted by atomic mass is 16.7. The Balaban J connectivity index is 1.52. The number of nitrogens with zero attached hydrogens (tertiary/aromatic N) is 3. The largest absolute Gasteiger partial charge is 0.325 e. The highest BCUT2D eigenvalue weighted by molar-refractivity contribution is 5.95. The van der Waals surface area contributed by atoms with Gasteiger partial charge in [-0.2, -0.15) is 5.06 Å². The summed E-state index contributed by atoms with van der Waals surface area (Å²) in [7, 11) is 0. The van der Waals surface area contributed by atoms with E-state index in [0.717, 1.165) is 30.5 Å². The first-order valence-electron chi connectivity index (χ1n) is 13.9. The Morgan fingerprint density at radius 1 is 0.737 bits per heavy atom. The number of amides is 2. The summed E-state index contributed by atoms with van der Waals surface area (Å²) in [6, 6.07) is 30.7. The summed E-state index contributed by atoms with van der Waals surface area (Å²) >= 11 is 0. The van der Waals surface area contributed by atoms with Crippen molar-refractivity contribution in [3.63, 3.8) is 0 Å². The van der Waals surface area contributed by atoms with E-state index in [4.69, 9.17) is 4.84 Å². The monoisotopic (exact) mass is 511 g/mol. The third kappa shape index (κ3) is 5.50. The Bertz CT molecular complexity index is 1180. The molecule has 0 N–H and O–H groups in total. The van der Waals surface area contributed by atoms with E-state index in [0.29, 0.717) is 13.2 Å². The van der Waals surface area contributed by atoms with Crippen molar-refractivity contribution in [2.45, 2.75) is 83.1 Å². The van der Waals surface area contributed by atoms with Gasteiger partial charge in [-0.15, -0.1) is 0 Å². The lowest BCUT2D eigenvalue weighted by Crippen LogP contribution is -2.59. The topological polar surface area (TPSA) is 36.0 Å². The second kappa shape index (κ2) is 10.9. The number of para-hydroxylation sites is 1. The highest BCUT2D eigenvalue weighted by Gasteiger charge is 2.48. The second-order valence-corrected chi connectivity index (χ2v) is 12.0. The van der Waals surface area contributed by atoms with Crippen LogP contribution in [0.5, 0.6) is 0 Å². The van der Waals surface area contributed by atoms with Gasteiger partial charge in [-0.3, -0.25) is 9.74 Å². The summed E-state index contributed by atoms with van der Waals surface area (Å²) in [5.41, 5.74) is 3.13. The zero-order valence-electron chi connectivity index (χ0n) is 23.2. The normalized spacial score (nSPS) is 23.1. The number of urea groups is 1. The molecule has 0 saturated carbocycles. The van der Waals surface area contributed by atoms with Gasteiger partial charge >= 0.3 is 6.03 Å². The SMILES string of the molecule is CC1(C)CCCC(C)(C)N1OC[C@H]1[C@H](Cc2ccccc2)N(Cc2ccccc2)C(=O)N1c1ccccc1. The van der Waals surface area contributed by atoms with Crippen LogP contribution >= 0.6 is 0 Å². The number of rotatable bonds is 8. The van der Waals surface area contributed by atoms with Crippen LogP contribution in [0.15, 0.2) is 91.0 Å². The number of piperidine rings is 1. The fourth-order valence-corrected chi connectivity index (χ4v) is 6.42. The average molecular weight is 512 g/mol. The van der Waals surface area contributed by atoms with E-state index in [9.17, 15) is 4.79 Å². The molecule has 0 aromatic heterocycles. The molecule has 5 heteroatoms. The van der Waals surface area contributed by atoms with Gasteiger partial charge in [-0.1, -0.05) is 78.9 Å². The van der Waals surface area contributed by atoms with Crippen molar-refractivity contribution in [1.29, 1.82) is 0 Å². The van der Waals surface area contributed by atoms with Gasteiger partial charge < -0.3 is 4.90 Å². The van der Waals surface area contributed by atoms with Crippen molar-refractivity contribution in [3.8, 4) is 0 Å². The molecule has 3 aromatic rings. The maximum atomic E-state index is 14.2. The molecular formula is C33H41N3O2. The van der Waals surface area contributed by atoms with E-state index in [2.05, 4.69) is 74.1 Å². The van der Waals surface area contributed by atoms with Gasteiger partial charge in [0.05, 0.1) is 18.7 Å². The Hall–Kier alpha value is -3.15. The van der Waals surface area contributed by atoms with Crippen LogP contribution in [0.3, 0.4) is 0 Å². The molecule has 2 saturated heterocycles. The molecule has 0 aliphatic carbocycles. The van der Waals surface area contributed by atoms with Gasteiger partial charge in [0.25, 0.3) is 0 Å². The molecule has 2 aliphatic rings. The van der Waals surface area contributed by atoms with Gasteiger partial charge in [0.2, 0.25) is 0 Å². The number of anilines is 1. The van der Waals surface area contributed by atoms with E-state index in [1.54, 1.807) is 0 Å². The smallest absolute Gasteiger partial charge is 0.315 e. The fourth-order valence-electron chi connectivity index (χ4n) is 6.42. The Morgan fingerprint density at radius 2 is 1.26 bits per heavy atom. The molecule has 2 amide bonds. The summed E-state index contributed by atoms with van der Waals surface area (Å²) in [5, 5.41) is 2.22. The molecule has 0 unspecified atom stereocenters. The summed E-state index contributed by atoms with van der Waals surface area (Å²) in [5.74, 6) is 0. The van der Waals surface area contributed by atoms with E-state index in [1.807, 2.05) is 59.5 Å². The maximum absolute atomic E-state index is 14.2. The number of carbonyl (C=O) groups is 1. The van der Waals surface area contributed by atoms with Gasteiger partial charge in [0.1, 0.15) is 0 Å². The van der Waals surface area contributed by atoms with Crippen molar-refractivity contribution in [2.75, 3.05) is 11.5 Å². The molecule has 2 heterocycles. The lowest BCUT2D eigenvalue weighted by atomic mass is 9.82. The fraction of sp³-hybridized carbons (Fsp3) is 0.424. The first-order valence-corrected chi connectivity index (χ1v) is 13.9. The first kappa shape index (κ1) is 26.5. The van der Waals surface area contributed by atoms with Crippen LogP contribution in [-0.2, 0) is 17.8 Å². The van der Waals surface area contributed by atoms with E-state index >= 15 is 0 Å². The summed E-state index contributed by atoms with van der Waals surface area (Å²) in [6.07, 6.45) is 4.15. The molecule has 5 rings (SSSR count). The lowest BCUT2D eigenvalue weighted by molar-refractivity contribution is -0.282. The highest BCUT2D eigenvalue weighted by Crippen LogP contribution is 2.39. The maximum Gasteiger partial charge on any atom is 0.325 e. The van der Waals surface area contributed by atoms with Crippen LogP contribution in [0.1, 0.15) is 58.1 Å². The average Bonchev–Trinajstić information content (AvgIpc) is 3.15. The molecule has 2 atom stereocenters. The minimum absolute atomic E-state index is 0.0340. The Kier molecular flexibility index (Phi) is 7.60. The van der Waals surface area contributed by atoms with E-state index in [-0.39, 0.29) is 29.2 Å². The van der Waals surface area contributed by atoms with Gasteiger partial charge in [0, 0.05) is 23.3 Å². The van der Waals surface area contributed by atoms with E-state index < -0.39 is 0 Å². The van der Waals surface area contributed by atoms with Crippen LogP contribution in [0, 0.1) is 0 Å². The molecule has 38 heavy (non-hydrogen) atoms. The zero-order valence-corrected chi connectivity index (χ0v) is 23.2. The number of hydroxylamine groups is 2. The summed E-state index contributed by atoms with van der Waals surface area (Å²) in [6.45, 7) is 10.1. The summed E-state index contributed by atoms with van der Waals surface area (Å²) < 4.78 is 0. The van der Waals surface area contributed by atoms with Crippen LogP contribution < -0.4 is 4.90 Å². The summed E-state index contributed by atoms with van der Waals surface area (Å²) in [4.78, 5) is 25.0. The standard InChI is InChI=1S/C33H41N3O2/c1-32(2)21-14-22-33(3,4)36(32)38-25-30-29(23-26-15-8-5-9-16-26)34(24-27-17-10-6-11-18-27)31(37)35(30)28-19-12-7-13-20-28/h5-13,15-20,29-30H,14,21-25H2,1-4H3/t29-,30-/m0/s1. The third-order valence-corrected chi connectivity index (χ3v) is 8.20. The zero-order chi connectivity index (χ0) is 26.8. The number of hydrogen-bond donors (Lipinski definition) is 0. The van der Waals surface area contributed by atoms with Crippen LogP contribution in [0.2, 0.25) is 0 Å². The van der Waals surface area contributed by atoms with Crippen molar-refractivity contribution in [2.24, 2.45) is 0 Å². The minimum atomic E-state index is -0.137. The van der Waals surface area contributed by atoms with Crippen LogP contribution in [0.25, 0.3) is 0 Å². The third-order valence-electron chi connectivity index (χ3n) is 8.20. The van der Waals surface area contributed by atoms with Gasteiger partial charge in [-0.05, 0) is 76.6 Å². The molecule has 0 spiro atoms. The quantitative estimate of drug-likeness (QED) is 0.324. The number of hydrogen-bond acceptors (Lipinski definition) is 3. The first-order chi connectivity index (χ1) is 18.3. The number of benzene rings is 3. The predicted octanol–water partition coefficient (Wildman–Crippen LogP) is 7.08. The predicted molar refractivity (Wildman–Crippen MR) is 154 cm³/mol. The molecule has 0 radical (unpaired) electrons. The van der Waals surface area contributed by atoms with Gasteiger partial charge in [0.15, 0.2) is 0 Å². The number of carbonyl (C=O) groups excluding carboxylic acids is 1. The van der Waals surface area contributed by atoms with Crippen LogP contribution in [-0.4, -0.2) is 45.8 Å². The van der Waals surface area contributed by atoms with Crippen molar-refractivity contribution in [1.82, 2.24) is 9.96 Å². The minimum Gasteiger partial charge on any atom is -0.315 e. The molecule has 200 valence electrons. The molecule has 2 fully saturated rings. The van der Waals surface area contributed by atoms with Gasteiger partial charge in [-0.25, -0.2) is 4.79 Å².